The van der Waals surface area contributed by atoms with Crippen LogP contribution in [0.25, 0.3) is 0 Å². The van der Waals surface area contributed by atoms with Gasteiger partial charge in [-0.05, 0) is 65.3 Å². The number of anilines is 1. The Kier molecular flexibility index (Phi) is 5.17. The molecule has 0 aliphatic rings. The standard InChI is InChI=1S/C16H25NO3/c1-15(2,3)20-11-10-16(4,5)17-13-8-6-12(7-9-13)14(18)19/h6-9,17H,10-11H2,1-5H3,(H,18,19). The quantitative estimate of drug-likeness (QED) is 0.832. The molecule has 0 saturated heterocycles. The zero-order valence-corrected chi connectivity index (χ0v) is 13.0. The van der Waals surface area contributed by atoms with Crippen LogP contribution in [0.2, 0.25) is 0 Å². The van der Waals surface area contributed by atoms with E-state index in [1.165, 1.54) is 0 Å². The summed E-state index contributed by atoms with van der Waals surface area (Å²) in [6.07, 6.45) is 0.866. The number of rotatable bonds is 6. The smallest absolute Gasteiger partial charge is 0.335 e. The van der Waals surface area contributed by atoms with Gasteiger partial charge in [0.15, 0.2) is 0 Å². The molecule has 0 aromatic heterocycles. The third-order valence-corrected chi connectivity index (χ3v) is 2.88. The average Bonchev–Trinajstić information content (AvgIpc) is 2.26. The van der Waals surface area contributed by atoms with Gasteiger partial charge in [0.2, 0.25) is 0 Å². The predicted molar refractivity (Wildman–Crippen MR) is 81.4 cm³/mol. The summed E-state index contributed by atoms with van der Waals surface area (Å²) in [6, 6.07) is 6.78. The topological polar surface area (TPSA) is 58.6 Å². The molecule has 4 nitrogen and oxygen atoms in total. The average molecular weight is 279 g/mol. The minimum Gasteiger partial charge on any atom is -0.478 e. The Hall–Kier alpha value is -1.55. The molecule has 0 bridgehead atoms. The van der Waals surface area contributed by atoms with Crippen molar-refractivity contribution in [1.82, 2.24) is 0 Å². The van der Waals surface area contributed by atoms with E-state index in [0.717, 1.165) is 12.1 Å². The number of aromatic carboxylic acids is 1. The summed E-state index contributed by atoms with van der Waals surface area (Å²) in [4.78, 5) is 10.8. The van der Waals surface area contributed by atoms with Gasteiger partial charge in [0.05, 0.1) is 11.2 Å². The van der Waals surface area contributed by atoms with Crippen LogP contribution in [-0.4, -0.2) is 28.8 Å². The minimum atomic E-state index is -0.908. The number of nitrogens with one attached hydrogen (secondary N) is 1. The molecule has 0 radical (unpaired) electrons. The van der Waals surface area contributed by atoms with Crippen molar-refractivity contribution < 1.29 is 14.6 Å². The molecule has 0 aliphatic heterocycles. The first-order valence-corrected chi connectivity index (χ1v) is 6.85. The molecule has 1 rings (SSSR count). The van der Waals surface area contributed by atoms with Crippen molar-refractivity contribution in [1.29, 1.82) is 0 Å². The number of carboxylic acid groups (broad SMARTS) is 1. The second-order valence-electron chi connectivity index (χ2n) is 6.60. The lowest BCUT2D eigenvalue weighted by molar-refractivity contribution is -0.00846. The molecule has 0 fully saturated rings. The van der Waals surface area contributed by atoms with Gasteiger partial charge in [0.25, 0.3) is 0 Å². The number of carboxylic acids is 1. The van der Waals surface area contributed by atoms with Gasteiger partial charge < -0.3 is 15.2 Å². The van der Waals surface area contributed by atoms with Gasteiger partial charge in [-0.3, -0.25) is 0 Å². The lowest BCUT2D eigenvalue weighted by atomic mass is 10.0. The number of hydrogen-bond donors (Lipinski definition) is 2. The molecule has 0 amide bonds. The van der Waals surface area contributed by atoms with E-state index in [9.17, 15) is 4.79 Å². The first-order chi connectivity index (χ1) is 9.09. The summed E-state index contributed by atoms with van der Waals surface area (Å²) in [6.45, 7) is 11.0. The predicted octanol–water partition coefficient (Wildman–Crippen LogP) is 3.78. The van der Waals surface area contributed by atoms with Crippen molar-refractivity contribution in [3.05, 3.63) is 29.8 Å². The van der Waals surface area contributed by atoms with Gasteiger partial charge >= 0.3 is 5.97 Å². The number of ether oxygens (including phenoxy) is 1. The molecule has 4 heteroatoms. The normalized spacial score (nSPS) is 12.2. The molecular formula is C16H25NO3. The van der Waals surface area contributed by atoms with Gasteiger partial charge in [-0.1, -0.05) is 0 Å². The van der Waals surface area contributed by atoms with E-state index >= 15 is 0 Å². The summed E-state index contributed by atoms with van der Waals surface area (Å²) in [7, 11) is 0. The summed E-state index contributed by atoms with van der Waals surface area (Å²) in [5.41, 5.74) is 0.968. The highest BCUT2D eigenvalue weighted by atomic mass is 16.5. The van der Waals surface area contributed by atoms with Gasteiger partial charge in [0.1, 0.15) is 0 Å². The largest absolute Gasteiger partial charge is 0.478 e. The van der Waals surface area contributed by atoms with Crippen molar-refractivity contribution >= 4 is 11.7 Å². The third-order valence-electron chi connectivity index (χ3n) is 2.88. The van der Waals surface area contributed by atoms with E-state index in [4.69, 9.17) is 9.84 Å². The van der Waals surface area contributed by atoms with E-state index in [1.54, 1.807) is 24.3 Å². The molecule has 0 spiro atoms. The number of carbonyl (C=O) groups is 1. The van der Waals surface area contributed by atoms with Crippen LogP contribution >= 0.6 is 0 Å². The van der Waals surface area contributed by atoms with Crippen LogP contribution in [0, 0.1) is 0 Å². The second-order valence-corrected chi connectivity index (χ2v) is 6.60. The van der Waals surface area contributed by atoms with E-state index in [0.29, 0.717) is 12.2 Å². The fraction of sp³-hybridized carbons (Fsp3) is 0.562. The number of hydrogen-bond acceptors (Lipinski definition) is 3. The van der Waals surface area contributed by atoms with Crippen LogP contribution in [0.5, 0.6) is 0 Å². The molecular weight excluding hydrogens is 254 g/mol. The second kappa shape index (κ2) is 6.27. The van der Waals surface area contributed by atoms with Crippen molar-refractivity contribution in [3.8, 4) is 0 Å². The highest BCUT2D eigenvalue weighted by Crippen LogP contribution is 2.20. The maximum absolute atomic E-state index is 10.8. The molecule has 0 unspecified atom stereocenters. The van der Waals surface area contributed by atoms with Crippen LogP contribution < -0.4 is 5.32 Å². The van der Waals surface area contributed by atoms with Gasteiger partial charge in [-0.25, -0.2) is 4.79 Å². The molecule has 2 N–H and O–H groups in total. The van der Waals surface area contributed by atoms with E-state index < -0.39 is 5.97 Å². The Morgan fingerprint density at radius 3 is 2.15 bits per heavy atom. The van der Waals surface area contributed by atoms with E-state index in [-0.39, 0.29) is 11.1 Å². The maximum Gasteiger partial charge on any atom is 0.335 e. The molecule has 20 heavy (non-hydrogen) atoms. The van der Waals surface area contributed by atoms with E-state index in [1.807, 2.05) is 20.8 Å². The molecule has 112 valence electrons. The highest BCUT2D eigenvalue weighted by Gasteiger charge is 2.19. The van der Waals surface area contributed by atoms with Crippen molar-refractivity contribution in [2.45, 2.75) is 52.2 Å². The number of benzene rings is 1. The Bertz CT molecular complexity index is 444. The van der Waals surface area contributed by atoms with Gasteiger partial charge in [-0.15, -0.1) is 0 Å². The third kappa shape index (κ3) is 6.06. The van der Waals surface area contributed by atoms with Crippen molar-refractivity contribution in [2.75, 3.05) is 11.9 Å². The highest BCUT2D eigenvalue weighted by molar-refractivity contribution is 5.88. The van der Waals surface area contributed by atoms with Crippen molar-refractivity contribution in [2.24, 2.45) is 0 Å². The molecule has 0 saturated carbocycles. The Morgan fingerprint density at radius 1 is 1.15 bits per heavy atom. The van der Waals surface area contributed by atoms with Crippen LogP contribution in [-0.2, 0) is 4.74 Å². The summed E-state index contributed by atoms with van der Waals surface area (Å²) >= 11 is 0. The van der Waals surface area contributed by atoms with Crippen molar-refractivity contribution in [3.63, 3.8) is 0 Å². The lowest BCUT2D eigenvalue weighted by Crippen LogP contribution is -2.33. The van der Waals surface area contributed by atoms with Crippen LogP contribution in [0.4, 0.5) is 5.69 Å². The molecule has 1 aromatic rings. The summed E-state index contributed by atoms with van der Waals surface area (Å²) < 4.78 is 5.74. The summed E-state index contributed by atoms with van der Waals surface area (Å²) in [5, 5.41) is 12.3. The van der Waals surface area contributed by atoms with E-state index in [2.05, 4.69) is 19.2 Å². The summed E-state index contributed by atoms with van der Waals surface area (Å²) in [5.74, 6) is -0.908. The Balaban J connectivity index is 2.55. The van der Waals surface area contributed by atoms with Gasteiger partial charge in [0, 0.05) is 17.8 Å². The lowest BCUT2D eigenvalue weighted by Gasteiger charge is -2.29. The van der Waals surface area contributed by atoms with Gasteiger partial charge in [-0.2, -0.15) is 0 Å². The SMILES string of the molecule is CC(C)(CCOC(C)(C)C)Nc1ccc(C(=O)O)cc1. The first-order valence-electron chi connectivity index (χ1n) is 6.85. The molecule has 0 aliphatic carbocycles. The minimum absolute atomic E-state index is 0.115. The fourth-order valence-electron chi connectivity index (χ4n) is 1.76. The molecule has 0 heterocycles. The first kappa shape index (κ1) is 16.5. The zero-order chi connectivity index (χ0) is 15.4. The van der Waals surface area contributed by atoms with Crippen LogP contribution in [0.3, 0.4) is 0 Å². The zero-order valence-electron chi connectivity index (χ0n) is 13.0. The molecule has 0 atom stereocenters. The molecule has 1 aromatic carbocycles. The fourth-order valence-corrected chi connectivity index (χ4v) is 1.76. The Morgan fingerprint density at radius 2 is 1.70 bits per heavy atom. The maximum atomic E-state index is 10.8. The Labute approximate surface area is 121 Å². The van der Waals surface area contributed by atoms with Crippen LogP contribution in [0.15, 0.2) is 24.3 Å². The monoisotopic (exact) mass is 279 g/mol. The van der Waals surface area contributed by atoms with Crippen LogP contribution in [0.1, 0.15) is 51.4 Å².